The van der Waals surface area contributed by atoms with Gasteiger partial charge in [0, 0.05) is 6.07 Å². The van der Waals surface area contributed by atoms with Gasteiger partial charge < -0.3 is 14.7 Å². The van der Waals surface area contributed by atoms with Gasteiger partial charge in [-0.15, -0.1) is 0 Å². The van der Waals surface area contributed by atoms with E-state index in [2.05, 4.69) is 10.3 Å². The Morgan fingerprint density at radius 3 is 2.41 bits per heavy atom. The third-order valence-electron chi connectivity index (χ3n) is 2.55. The Bertz CT molecular complexity index is 566. The van der Waals surface area contributed by atoms with E-state index in [1.54, 1.807) is 0 Å². The molecule has 0 aliphatic carbocycles. The lowest BCUT2D eigenvalue weighted by Crippen LogP contribution is -2.21. The van der Waals surface area contributed by atoms with Crippen molar-refractivity contribution >= 4 is 11.1 Å². The maximum Gasteiger partial charge on any atom is 0.326 e. The Balaban J connectivity index is 0.000000153. The Hall–Kier alpha value is -1.82. The summed E-state index contributed by atoms with van der Waals surface area (Å²) in [6, 6.07) is 1.52. The van der Waals surface area contributed by atoms with Gasteiger partial charge in [0.2, 0.25) is 5.58 Å². The number of rotatable bonds is 0. The van der Waals surface area contributed by atoms with E-state index >= 15 is 0 Å². The molecule has 0 aromatic carbocycles. The summed E-state index contributed by atoms with van der Waals surface area (Å²) in [5.74, 6) is 0. The number of nitrogens with one attached hydrogen (secondary N) is 3. The van der Waals surface area contributed by atoms with Crippen molar-refractivity contribution < 1.29 is 4.42 Å². The quantitative estimate of drug-likeness (QED) is 0.624. The fourth-order valence-corrected chi connectivity index (χ4v) is 1.70. The molecule has 0 saturated carbocycles. The van der Waals surface area contributed by atoms with Crippen LogP contribution >= 0.6 is 0 Å². The van der Waals surface area contributed by atoms with E-state index in [4.69, 9.17) is 4.42 Å². The molecular formula is C11H15N3O3. The number of aromatic amines is 2. The second-order valence-corrected chi connectivity index (χ2v) is 3.88. The molecule has 2 aromatic rings. The number of furan rings is 1. The van der Waals surface area contributed by atoms with Crippen LogP contribution in [-0.4, -0.2) is 23.1 Å². The highest BCUT2D eigenvalue weighted by Gasteiger charge is 2.01. The van der Waals surface area contributed by atoms with Crippen LogP contribution in [0.4, 0.5) is 0 Å². The summed E-state index contributed by atoms with van der Waals surface area (Å²) >= 11 is 0. The standard InChI is InChI=1S/C6H4N2O3.C5H11N/c9-5-4-3(1-2-11-4)7-6(10)8-5;1-2-4-6-5-3-1/h1-2H,(H2,7,8,9,10);6H,1-5H2. The summed E-state index contributed by atoms with van der Waals surface area (Å²) in [6.45, 7) is 2.50. The Morgan fingerprint density at radius 1 is 1.06 bits per heavy atom. The van der Waals surface area contributed by atoms with Crippen LogP contribution in [0.2, 0.25) is 0 Å². The van der Waals surface area contributed by atoms with E-state index in [-0.39, 0.29) is 5.58 Å². The fraction of sp³-hybridized carbons (Fsp3) is 0.455. The first kappa shape index (κ1) is 11.7. The van der Waals surface area contributed by atoms with Gasteiger partial charge in [0.25, 0.3) is 5.56 Å². The van der Waals surface area contributed by atoms with Crippen molar-refractivity contribution in [2.45, 2.75) is 19.3 Å². The monoisotopic (exact) mass is 237 g/mol. The number of aromatic nitrogens is 2. The lowest BCUT2D eigenvalue weighted by Gasteiger charge is -2.08. The minimum Gasteiger partial charge on any atom is -0.457 e. The van der Waals surface area contributed by atoms with Gasteiger partial charge in [0.1, 0.15) is 0 Å². The molecule has 0 atom stereocenters. The van der Waals surface area contributed by atoms with E-state index in [0.29, 0.717) is 5.52 Å². The molecule has 1 aliphatic heterocycles. The maximum absolute atomic E-state index is 10.9. The molecule has 6 heteroatoms. The molecule has 17 heavy (non-hydrogen) atoms. The second kappa shape index (κ2) is 5.49. The van der Waals surface area contributed by atoms with Crippen LogP contribution < -0.4 is 16.6 Å². The molecule has 0 radical (unpaired) electrons. The Morgan fingerprint density at radius 2 is 1.82 bits per heavy atom. The lowest BCUT2D eigenvalue weighted by atomic mass is 10.2. The summed E-state index contributed by atoms with van der Waals surface area (Å²) < 4.78 is 4.79. The number of hydrogen-bond donors (Lipinski definition) is 3. The van der Waals surface area contributed by atoms with Gasteiger partial charge in [-0.1, -0.05) is 6.42 Å². The molecule has 92 valence electrons. The van der Waals surface area contributed by atoms with Gasteiger partial charge >= 0.3 is 5.69 Å². The van der Waals surface area contributed by atoms with Crippen LogP contribution in [0.3, 0.4) is 0 Å². The third kappa shape index (κ3) is 3.07. The largest absolute Gasteiger partial charge is 0.457 e. The van der Waals surface area contributed by atoms with E-state index in [1.165, 1.54) is 44.7 Å². The zero-order chi connectivity index (χ0) is 12.1. The Kier molecular flexibility index (Phi) is 3.77. The summed E-state index contributed by atoms with van der Waals surface area (Å²) in [4.78, 5) is 26.0. The predicted molar refractivity (Wildman–Crippen MR) is 64.2 cm³/mol. The molecule has 0 unspecified atom stereocenters. The van der Waals surface area contributed by atoms with E-state index in [0.717, 1.165) is 0 Å². The first-order valence-electron chi connectivity index (χ1n) is 5.68. The van der Waals surface area contributed by atoms with Crippen LogP contribution in [0, 0.1) is 0 Å². The van der Waals surface area contributed by atoms with E-state index in [1.807, 2.05) is 4.98 Å². The molecule has 3 N–H and O–H groups in total. The molecule has 0 spiro atoms. The molecule has 3 rings (SSSR count). The highest BCUT2D eigenvalue weighted by molar-refractivity contribution is 5.70. The van der Waals surface area contributed by atoms with E-state index in [9.17, 15) is 9.59 Å². The summed E-state index contributed by atoms with van der Waals surface area (Å²) in [7, 11) is 0. The number of H-pyrrole nitrogens is 2. The number of fused-ring (bicyclic) bond motifs is 1. The second-order valence-electron chi connectivity index (χ2n) is 3.88. The average molecular weight is 237 g/mol. The lowest BCUT2D eigenvalue weighted by molar-refractivity contribution is 0.520. The van der Waals surface area contributed by atoms with Crippen molar-refractivity contribution in [2.75, 3.05) is 13.1 Å². The fourth-order valence-electron chi connectivity index (χ4n) is 1.70. The van der Waals surface area contributed by atoms with Gasteiger partial charge in [0.15, 0.2) is 0 Å². The molecule has 0 amide bonds. The SMILES string of the molecule is C1CCNCC1.O=c1[nH]c(=O)c2occc2[nH]1. The highest BCUT2D eigenvalue weighted by atomic mass is 16.3. The van der Waals surface area contributed by atoms with Crippen LogP contribution in [0.15, 0.2) is 26.3 Å². The highest BCUT2D eigenvalue weighted by Crippen LogP contribution is 2.02. The smallest absolute Gasteiger partial charge is 0.326 e. The van der Waals surface area contributed by atoms with Crippen molar-refractivity contribution in [3.8, 4) is 0 Å². The van der Waals surface area contributed by atoms with Crippen LogP contribution in [0.1, 0.15) is 19.3 Å². The van der Waals surface area contributed by atoms with Crippen molar-refractivity contribution in [3.05, 3.63) is 33.2 Å². The van der Waals surface area contributed by atoms with Crippen LogP contribution in [0.5, 0.6) is 0 Å². The minimum absolute atomic E-state index is 0.143. The minimum atomic E-state index is -0.524. The maximum atomic E-state index is 10.9. The average Bonchev–Trinajstić information content (AvgIpc) is 2.80. The predicted octanol–water partition coefficient (Wildman–Crippen LogP) is 0.569. The molecule has 1 fully saturated rings. The van der Waals surface area contributed by atoms with Crippen molar-refractivity contribution in [2.24, 2.45) is 0 Å². The van der Waals surface area contributed by atoms with Gasteiger partial charge in [-0.05, 0) is 25.9 Å². The first-order valence-corrected chi connectivity index (χ1v) is 5.68. The summed E-state index contributed by atoms with van der Waals surface area (Å²) in [6.07, 6.45) is 5.56. The van der Waals surface area contributed by atoms with Crippen LogP contribution in [0.25, 0.3) is 11.1 Å². The van der Waals surface area contributed by atoms with E-state index < -0.39 is 11.2 Å². The summed E-state index contributed by atoms with van der Waals surface area (Å²) in [5, 5.41) is 3.28. The topological polar surface area (TPSA) is 90.9 Å². The number of piperidine rings is 1. The normalized spacial score (nSPS) is 15.3. The zero-order valence-electron chi connectivity index (χ0n) is 9.41. The molecule has 2 aromatic heterocycles. The number of hydrogen-bond acceptors (Lipinski definition) is 4. The molecule has 6 nitrogen and oxygen atoms in total. The van der Waals surface area contributed by atoms with Gasteiger partial charge in [-0.2, -0.15) is 0 Å². The molecule has 0 bridgehead atoms. The van der Waals surface area contributed by atoms with Crippen molar-refractivity contribution in [1.82, 2.24) is 15.3 Å². The van der Waals surface area contributed by atoms with Gasteiger partial charge in [0.05, 0.1) is 11.8 Å². The molecule has 3 heterocycles. The Labute approximate surface area is 97.0 Å². The van der Waals surface area contributed by atoms with Crippen LogP contribution in [-0.2, 0) is 0 Å². The van der Waals surface area contributed by atoms with Crippen molar-refractivity contribution in [1.29, 1.82) is 0 Å². The zero-order valence-corrected chi connectivity index (χ0v) is 9.41. The van der Waals surface area contributed by atoms with Crippen molar-refractivity contribution in [3.63, 3.8) is 0 Å². The van der Waals surface area contributed by atoms with Gasteiger partial charge in [-0.3, -0.25) is 9.78 Å². The molecule has 1 saturated heterocycles. The first-order chi connectivity index (χ1) is 8.27. The van der Waals surface area contributed by atoms with Gasteiger partial charge in [-0.25, -0.2) is 4.79 Å². The third-order valence-corrected chi connectivity index (χ3v) is 2.55. The summed E-state index contributed by atoms with van der Waals surface area (Å²) in [5.41, 5.74) is -0.471. The molecular weight excluding hydrogens is 222 g/mol. The molecule has 1 aliphatic rings.